The van der Waals surface area contributed by atoms with Gasteiger partial charge in [-0.15, -0.1) is 31.4 Å². The molecule has 0 spiro atoms. The Bertz CT molecular complexity index is 829. The fraction of sp³-hybridized carbons (Fsp3) is 0.417. The fourth-order valence-corrected chi connectivity index (χ4v) is 3.72. The average Bonchev–Trinajstić information content (AvgIpc) is 2.78. The van der Waals surface area contributed by atoms with E-state index in [4.69, 9.17) is 14.2 Å². The van der Waals surface area contributed by atoms with Crippen LogP contribution in [0.2, 0.25) is 0 Å². The lowest BCUT2D eigenvalue weighted by atomic mass is 10.1. The van der Waals surface area contributed by atoms with Crippen molar-refractivity contribution in [1.29, 1.82) is 0 Å². The van der Waals surface area contributed by atoms with Crippen molar-refractivity contribution in [3.05, 3.63) is 60.7 Å². The molecule has 1 fully saturated rings. The highest BCUT2D eigenvalue weighted by Gasteiger charge is 2.21. The molecular weight excluding hydrogens is 451 g/mol. The van der Waals surface area contributed by atoms with Crippen LogP contribution in [0.4, 0.5) is 5.69 Å². The fourth-order valence-electron chi connectivity index (χ4n) is 3.72. The molecule has 1 aliphatic heterocycles. The number of halogens is 2. The van der Waals surface area contributed by atoms with Gasteiger partial charge in [0.25, 0.3) is 0 Å². The molecule has 0 amide bonds. The van der Waals surface area contributed by atoms with Gasteiger partial charge in [0.05, 0.1) is 19.9 Å². The van der Waals surface area contributed by atoms with E-state index in [0.29, 0.717) is 18.0 Å². The van der Waals surface area contributed by atoms with E-state index in [0.717, 1.165) is 49.6 Å². The van der Waals surface area contributed by atoms with E-state index in [1.165, 1.54) is 0 Å². The predicted molar refractivity (Wildman–Crippen MR) is 135 cm³/mol. The molecule has 0 aliphatic carbocycles. The number of anilines is 1. The number of hydrogen-bond acceptors (Lipinski definition) is 6. The first-order valence-corrected chi connectivity index (χ1v) is 10.3. The van der Waals surface area contributed by atoms with Crippen LogP contribution in [-0.4, -0.2) is 69.7 Å². The molecule has 1 saturated heterocycles. The van der Waals surface area contributed by atoms with Crippen LogP contribution in [0, 0.1) is 0 Å². The summed E-state index contributed by atoms with van der Waals surface area (Å²) in [5.41, 5.74) is 2.23. The molecule has 1 heterocycles. The smallest absolute Gasteiger partial charge is 0.161 e. The first-order valence-electron chi connectivity index (χ1n) is 10.3. The zero-order chi connectivity index (χ0) is 21.3. The van der Waals surface area contributed by atoms with E-state index >= 15 is 0 Å². The standard InChI is InChI=1S/C24H32N2O4.2ClH/c1-4-7-19-10-11-23(24(16-19)29-3)30-18-20(27)17-25-12-14-26(15-13-25)21-8-5-6-9-22(21)28-2;;/h4-6,8-11,16,20,27H,1,7,12-15,17-18H2,2-3H3;2*1H. The van der Waals surface area contributed by atoms with Crippen LogP contribution < -0.4 is 19.1 Å². The summed E-state index contributed by atoms with van der Waals surface area (Å²) in [5, 5.41) is 10.5. The van der Waals surface area contributed by atoms with Gasteiger partial charge in [0, 0.05) is 32.7 Å². The number of nitrogens with zero attached hydrogens (tertiary/aromatic N) is 2. The Balaban J connectivity index is 0.00000256. The van der Waals surface area contributed by atoms with Crippen molar-refractivity contribution in [2.45, 2.75) is 12.5 Å². The summed E-state index contributed by atoms with van der Waals surface area (Å²) in [7, 11) is 3.32. The van der Waals surface area contributed by atoms with Gasteiger partial charge in [0.15, 0.2) is 11.5 Å². The molecule has 1 aliphatic rings. The van der Waals surface area contributed by atoms with Crippen LogP contribution >= 0.6 is 24.8 Å². The zero-order valence-corrected chi connectivity index (χ0v) is 20.4. The van der Waals surface area contributed by atoms with Gasteiger partial charge in [-0.3, -0.25) is 4.90 Å². The molecule has 6 nitrogen and oxygen atoms in total. The van der Waals surface area contributed by atoms with Crippen molar-refractivity contribution >= 4 is 30.5 Å². The van der Waals surface area contributed by atoms with E-state index in [-0.39, 0.29) is 31.4 Å². The minimum absolute atomic E-state index is 0. The number of aliphatic hydroxyl groups excluding tert-OH is 1. The summed E-state index contributed by atoms with van der Waals surface area (Å²) >= 11 is 0. The molecule has 178 valence electrons. The molecule has 2 aromatic rings. The van der Waals surface area contributed by atoms with Crippen molar-refractivity contribution in [2.24, 2.45) is 0 Å². The third-order valence-corrected chi connectivity index (χ3v) is 5.31. The third kappa shape index (κ3) is 7.48. The summed E-state index contributed by atoms with van der Waals surface area (Å²) in [6.45, 7) is 8.12. The monoisotopic (exact) mass is 484 g/mol. The highest BCUT2D eigenvalue weighted by molar-refractivity contribution is 5.85. The Morgan fingerprint density at radius 2 is 1.66 bits per heavy atom. The van der Waals surface area contributed by atoms with Gasteiger partial charge in [-0.1, -0.05) is 24.3 Å². The van der Waals surface area contributed by atoms with Crippen LogP contribution in [0.3, 0.4) is 0 Å². The third-order valence-electron chi connectivity index (χ3n) is 5.31. The second-order valence-corrected chi connectivity index (χ2v) is 7.40. The predicted octanol–water partition coefficient (Wildman–Crippen LogP) is 3.84. The van der Waals surface area contributed by atoms with Crippen molar-refractivity contribution in [3.63, 3.8) is 0 Å². The van der Waals surface area contributed by atoms with Crippen LogP contribution in [0.15, 0.2) is 55.1 Å². The maximum absolute atomic E-state index is 10.5. The lowest BCUT2D eigenvalue weighted by molar-refractivity contribution is 0.0653. The second kappa shape index (κ2) is 14.1. The maximum atomic E-state index is 10.5. The first-order chi connectivity index (χ1) is 14.6. The van der Waals surface area contributed by atoms with Gasteiger partial charge >= 0.3 is 0 Å². The molecule has 0 aromatic heterocycles. The van der Waals surface area contributed by atoms with Crippen molar-refractivity contribution in [2.75, 3.05) is 58.5 Å². The highest BCUT2D eigenvalue weighted by Crippen LogP contribution is 2.29. The Morgan fingerprint density at radius 3 is 2.31 bits per heavy atom. The molecule has 0 bridgehead atoms. The largest absolute Gasteiger partial charge is 0.495 e. The van der Waals surface area contributed by atoms with Crippen molar-refractivity contribution in [3.8, 4) is 17.2 Å². The number of ether oxygens (including phenoxy) is 3. The molecule has 1 unspecified atom stereocenters. The molecule has 32 heavy (non-hydrogen) atoms. The molecule has 3 rings (SSSR count). The molecule has 0 saturated carbocycles. The Morgan fingerprint density at radius 1 is 0.969 bits per heavy atom. The van der Waals surface area contributed by atoms with Crippen molar-refractivity contribution < 1.29 is 19.3 Å². The minimum Gasteiger partial charge on any atom is -0.495 e. The Kier molecular flexibility index (Phi) is 12.3. The van der Waals surface area contributed by atoms with Crippen LogP contribution in [0.1, 0.15) is 5.56 Å². The Hall–Kier alpha value is -2.12. The number of methoxy groups -OCH3 is 2. The molecule has 0 radical (unpaired) electrons. The minimum atomic E-state index is -0.569. The lowest BCUT2D eigenvalue weighted by Crippen LogP contribution is -2.49. The van der Waals surface area contributed by atoms with Gasteiger partial charge in [0.1, 0.15) is 18.5 Å². The summed E-state index contributed by atoms with van der Waals surface area (Å²) in [6, 6.07) is 13.9. The number of aliphatic hydroxyl groups is 1. The number of para-hydroxylation sites is 2. The second-order valence-electron chi connectivity index (χ2n) is 7.40. The van der Waals surface area contributed by atoms with E-state index < -0.39 is 6.10 Å². The molecule has 8 heteroatoms. The number of β-amino-alcohol motifs (C(OH)–C–C–N with tert-alkyl or cyclic N) is 1. The van der Waals surface area contributed by atoms with E-state index in [9.17, 15) is 5.11 Å². The molecule has 2 aromatic carbocycles. The van der Waals surface area contributed by atoms with Gasteiger partial charge in [-0.25, -0.2) is 0 Å². The van der Waals surface area contributed by atoms with Gasteiger partial charge in [-0.05, 0) is 36.2 Å². The van der Waals surface area contributed by atoms with E-state index in [2.05, 4.69) is 22.4 Å². The van der Waals surface area contributed by atoms with Crippen molar-refractivity contribution in [1.82, 2.24) is 4.90 Å². The van der Waals surface area contributed by atoms with Gasteiger partial charge < -0.3 is 24.2 Å². The topological polar surface area (TPSA) is 54.4 Å². The summed E-state index contributed by atoms with van der Waals surface area (Å²) in [4.78, 5) is 4.60. The first kappa shape index (κ1) is 27.9. The summed E-state index contributed by atoms with van der Waals surface area (Å²) in [5.74, 6) is 2.21. The number of benzene rings is 2. The van der Waals surface area contributed by atoms with Crippen LogP contribution in [0.5, 0.6) is 17.2 Å². The Labute approximate surface area is 203 Å². The van der Waals surface area contributed by atoms with Crippen LogP contribution in [-0.2, 0) is 6.42 Å². The number of hydrogen-bond donors (Lipinski definition) is 1. The van der Waals surface area contributed by atoms with Gasteiger partial charge in [-0.2, -0.15) is 0 Å². The molecule has 1 N–H and O–H groups in total. The average molecular weight is 485 g/mol. The number of rotatable bonds is 10. The number of piperazine rings is 1. The number of allylic oxidation sites excluding steroid dienone is 1. The quantitative estimate of drug-likeness (QED) is 0.517. The SMILES string of the molecule is C=CCc1ccc(OCC(O)CN2CCN(c3ccccc3OC)CC2)c(OC)c1.Cl.Cl. The summed E-state index contributed by atoms with van der Waals surface area (Å²) in [6.07, 6.45) is 2.06. The molecule has 1 atom stereocenters. The summed E-state index contributed by atoms with van der Waals surface area (Å²) < 4.78 is 16.7. The van der Waals surface area contributed by atoms with Crippen LogP contribution in [0.25, 0.3) is 0 Å². The zero-order valence-electron chi connectivity index (χ0n) is 18.7. The van der Waals surface area contributed by atoms with E-state index in [1.54, 1.807) is 14.2 Å². The maximum Gasteiger partial charge on any atom is 0.161 e. The van der Waals surface area contributed by atoms with Gasteiger partial charge in [0.2, 0.25) is 0 Å². The lowest BCUT2D eigenvalue weighted by Gasteiger charge is -2.37. The normalized spacial score (nSPS) is 14.5. The van der Waals surface area contributed by atoms with E-state index in [1.807, 2.05) is 42.5 Å². The highest BCUT2D eigenvalue weighted by atomic mass is 35.5. The molecular formula is C24H34Cl2N2O4.